The minimum absolute atomic E-state index is 0. The van der Waals surface area contributed by atoms with E-state index in [-0.39, 0.29) is 71.5 Å². The van der Waals surface area contributed by atoms with E-state index in [9.17, 15) is 28.8 Å². The van der Waals surface area contributed by atoms with Crippen molar-refractivity contribution < 1.29 is 52.7 Å². The second-order valence-electron chi connectivity index (χ2n) is 25.2. The number of amides is 5. The molecule has 5 amide bonds. The van der Waals surface area contributed by atoms with E-state index in [2.05, 4.69) is 47.3 Å². The van der Waals surface area contributed by atoms with Gasteiger partial charge in [0.1, 0.15) is 44.3 Å². The highest BCUT2D eigenvalue weighted by atomic mass is 35.5. The van der Waals surface area contributed by atoms with Crippen LogP contribution >= 0.6 is 35.6 Å². The molecule has 0 bridgehead atoms. The Kier molecular flexibility index (Phi) is 25.3. The third-order valence-electron chi connectivity index (χ3n) is 14.6. The number of carbonyl (C=O) groups is 6. The van der Waals surface area contributed by atoms with E-state index < -0.39 is 17.2 Å². The molecule has 3 aliphatic carbocycles. The van der Waals surface area contributed by atoms with E-state index in [0.29, 0.717) is 73.0 Å². The molecule has 89 heavy (non-hydrogen) atoms. The minimum Gasteiger partial charge on any atom is -0.477 e. The zero-order chi connectivity index (χ0) is 64.0. The van der Waals surface area contributed by atoms with Crippen molar-refractivity contribution in [1.82, 2.24) is 51.0 Å². The van der Waals surface area contributed by atoms with Gasteiger partial charge in [-0.2, -0.15) is 0 Å². The molecule has 0 unspecified atom stereocenters. The fraction of sp³-hybridized carbons (Fsp3) is 0.500. The van der Waals surface area contributed by atoms with Crippen LogP contribution in [0, 0.1) is 0 Å². The second kappa shape index (κ2) is 31.7. The molecule has 25 heteroatoms. The molecule has 3 saturated carbocycles. The highest BCUT2D eigenvalue weighted by Gasteiger charge is 2.52. The number of halogens is 3. The fourth-order valence-electron chi connectivity index (χ4n) is 8.64. The first-order valence-electron chi connectivity index (χ1n) is 30.0. The summed E-state index contributed by atoms with van der Waals surface area (Å²) in [5.74, 6) is -1.36. The molecule has 21 nitrogen and oxygen atoms in total. The lowest BCUT2D eigenvalue weighted by Gasteiger charge is -2.32. The van der Waals surface area contributed by atoms with Crippen LogP contribution < -0.4 is 21.3 Å². The number of nitrogens with zero attached hydrogens (tertiary/aromatic N) is 6. The number of hydrogen-bond acceptors (Lipinski definition) is 15. The van der Waals surface area contributed by atoms with Gasteiger partial charge in [0, 0.05) is 50.8 Å². The summed E-state index contributed by atoms with van der Waals surface area (Å²) in [5.41, 5.74) is 4.83. The molecular formula is C64H84BCl3N10O11. The van der Waals surface area contributed by atoms with E-state index >= 15 is 0 Å². The molecule has 1 saturated heterocycles. The number of aromatic nitrogens is 4. The van der Waals surface area contributed by atoms with Crippen molar-refractivity contribution in [2.45, 2.75) is 168 Å². The van der Waals surface area contributed by atoms with Gasteiger partial charge >= 0.3 is 25.3 Å². The molecule has 4 fully saturated rings. The molecule has 4 aliphatic heterocycles. The van der Waals surface area contributed by atoms with Crippen molar-refractivity contribution in [2.75, 3.05) is 39.3 Å². The lowest BCUT2D eigenvalue weighted by atomic mass is 9.75. The van der Waals surface area contributed by atoms with Gasteiger partial charge in [0.2, 0.25) is 0 Å². The Morgan fingerprint density at radius 1 is 0.573 bits per heavy atom. The van der Waals surface area contributed by atoms with Crippen LogP contribution in [0.2, 0.25) is 10.3 Å². The van der Waals surface area contributed by atoms with Crippen LogP contribution in [0.5, 0.6) is 0 Å². The van der Waals surface area contributed by atoms with Crippen LogP contribution in [0.15, 0.2) is 96.5 Å². The summed E-state index contributed by atoms with van der Waals surface area (Å²) in [5, 5.41) is 21.0. The van der Waals surface area contributed by atoms with Gasteiger partial charge in [-0.05, 0) is 199 Å². The zero-order valence-electron chi connectivity index (χ0n) is 52.5. The molecule has 7 aliphatic rings. The van der Waals surface area contributed by atoms with Crippen LogP contribution in [0.25, 0.3) is 11.1 Å². The number of rotatable bonds is 10. The van der Waals surface area contributed by atoms with Gasteiger partial charge < -0.3 is 55.0 Å². The predicted molar refractivity (Wildman–Crippen MR) is 345 cm³/mol. The number of nitrogens with one attached hydrogen (secondary N) is 4. The van der Waals surface area contributed by atoms with Crippen molar-refractivity contribution in [1.29, 1.82) is 0 Å². The molecule has 8 heterocycles. The Balaban J connectivity index is 0.000000182. The van der Waals surface area contributed by atoms with Gasteiger partial charge in [-0.1, -0.05) is 65.7 Å². The standard InChI is InChI=1S/C19H25N3O3.C16H28BNO4.C14H17N3O.C9H9ClN2O.C6H4ClNO2.ClH/c1-19(2,3)25-18(24)22-11-9-13(10-12-22)15-5-4-6-16(21-15)17(23)20-14-7-8-14;1-14(2,3)20-13(19)18-10-8-12(9-11-18)17-21-15(4,5)16(6,7)22-17;18-14(16-11-4-5-11)13-3-1-2-12(17-13)10-6-8-15-9-7-10;10-8-3-1-2-7(12-8)9(13)11-6-4-5-6;7-5-3-1-2-4(8-5)6(9)10;/h4-6,9,14H,7-8,10-12H2,1-3H3,(H,20,23);8H,9-11H2,1-7H3;1-3,6,11,15H,4-5,7-9H2,(H,16,18);1-3,6H,4-5H2,(H,11,13);1-3H,(H,9,10);1H. The Morgan fingerprint density at radius 3 is 1.31 bits per heavy atom. The monoisotopic (exact) mass is 1280 g/mol. The lowest BCUT2D eigenvalue weighted by Crippen LogP contribution is -2.41. The summed E-state index contributed by atoms with van der Waals surface area (Å²) in [6.07, 6.45) is 14.5. The van der Waals surface area contributed by atoms with Crippen LogP contribution in [0.3, 0.4) is 0 Å². The van der Waals surface area contributed by atoms with Gasteiger partial charge in [-0.3, -0.25) is 14.4 Å². The number of pyridine rings is 4. The van der Waals surface area contributed by atoms with E-state index in [1.54, 1.807) is 46.2 Å². The maximum Gasteiger partial charge on any atom is 0.490 e. The summed E-state index contributed by atoms with van der Waals surface area (Å²) in [6, 6.07) is 21.7. The van der Waals surface area contributed by atoms with Gasteiger partial charge in [0.15, 0.2) is 0 Å². The molecule has 4 aromatic heterocycles. The van der Waals surface area contributed by atoms with E-state index in [0.717, 1.165) is 86.9 Å². The van der Waals surface area contributed by atoms with Crippen molar-refractivity contribution in [2.24, 2.45) is 0 Å². The Bertz CT molecular complexity index is 3230. The molecule has 0 radical (unpaired) electrons. The van der Waals surface area contributed by atoms with Gasteiger partial charge in [0.25, 0.3) is 17.7 Å². The van der Waals surface area contributed by atoms with Gasteiger partial charge in [0.05, 0.1) is 22.6 Å². The van der Waals surface area contributed by atoms with Gasteiger partial charge in [-0.15, -0.1) is 12.4 Å². The molecule has 4 aromatic rings. The first-order valence-corrected chi connectivity index (χ1v) is 30.7. The molecule has 11 rings (SSSR count). The van der Waals surface area contributed by atoms with Crippen molar-refractivity contribution in [3.63, 3.8) is 0 Å². The Labute approximate surface area is 538 Å². The maximum atomic E-state index is 12.1. The number of carboxylic acid groups (broad SMARTS) is 1. The van der Waals surface area contributed by atoms with E-state index in [1.807, 2.05) is 106 Å². The summed E-state index contributed by atoms with van der Waals surface area (Å²) in [6.45, 7) is 23.5. The molecule has 0 atom stereocenters. The quantitative estimate of drug-likeness (QED) is 0.0730. The summed E-state index contributed by atoms with van der Waals surface area (Å²) < 4.78 is 22.9. The molecule has 0 spiro atoms. The van der Waals surface area contributed by atoms with E-state index in [4.69, 9.17) is 47.1 Å². The largest absolute Gasteiger partial charge is 0.490 e. The number of aromatic carboxylic acids is 1. The number of hydrogen-bond donors (Lipinski definition) is 5. The smallest absolute Gasteiger partial charge is 0.477 e. The molecule has 0 aromatic carbocycles. The average Bonchev–Trinajstić information content (AvgIpc) is 1.73. The summed E-state index contributed by atoms with van der Waals surface area (Å²) in [4.78, 5) is 89.7. The van der Waals surface area contributed by atoms with Gasteiger partial charge in [-0.25, -0.2) is 34.3 Å². The highest BCUT2D eigenvalue weighted by molar-refractivity contribution is 6.54. The van der Waals surface area contributed by atoms with Crippen LogP contribution in [-0.4, -0.2) is 158 Å². The topological polar surface area (TPSA) is 266 Å². The summed E-state index contributed by atoms with van der Waals surface area (Å²) >= 11 is 11.1. The first kappa shape index (κ1) is 71.1. The normalized spacial score (nSPS) is 18.2. The van der Waals surface area contributed by atoms with Crippen molar-refractivity contribution in [3.05, 3.63) is 141 Å². The predicted octanol–water partition coefficient (Wildman–Crippen LogP) is 11.0. The lowest BCUT2D eigenvalue weighted by molar-refractivity contribution is 0.00578. The number of carboxylic acids is 1. The number of ether oxygens (including phenoxy) is 2. The Morgan fingerprint density at radius 2 is 0.966 bits per heavy atom. The number of carbonyl (C=O) groups excluding carboxylic acids is 5. The van der Waals surface area contributed by atoms with Crippen molar-refractivity contribution >= 4 is 89.8 Å². The Hall–Kier alpha value is -6.95. The first-order chi connectivity index (χ1) is 41.5. The third-order valence-corrected chi connectivity index (χ3v) is 15.0. The van der Waals surface area contributed by atoms with E-state index in [1.165, 1.54) is 17.7 Å². The zero-order valence-corrected chi connectivity index (χ0v) is 54.8. The van der Waals surface area contributed by atoms with Crippen LogP contribution in [0.1, 0.15) is 180 Å². The fourth-order valence-corrected chi connectivity index (χ4v) is 8.97. The van der Waals surface area contributed by atoms with Crippen LogP contribution in [-0.2, 0) is 18.8 Å². The van der Waals surface area contributed by atoms with Crippen LogP contribution in [0.4, 0.5) is 9.59 Å². The second-order valence-corrected chi connectivity index (χ2v) is 26.0. The summed E-state index contributed by atoms with van der Waals surface area (Å²) in [7, 11) is -0.314. The minimum atomic E-state index is -1.07. The molecule has 5 N–H and O–H groups in total. The molecule has 480 valence electrons. The SMILES string of the molecule is CC(C)(C)OC(=O)N1CC=C(B2OC(C)(C)C(C)(C)O2)CC1.CC(C)(C)OC(=O)N1CC=C(c2cccc(C(=O)NC3CC3)n2)CC1.Cl.O=C(NC1CC1)c1cccc(C2=CCNCC2)n1.O=C(NC1CC1)c1cccc(Cl)n1.O=C(O)c1cccc(Cl)n1. The van der Waals surface area contributed by atoms with Crippen molar-refractivity contribution in [3.8, 4) is 0 Å². The average molecular weight is 1290 g/mol. The highest BCUT2D eigenvalue weighted by Crippen LogP contribution is 2.39. The third kappa shape index (κ3) is 23.4. The molecular weight excluding hydrogens is 1200 g/mol. The maximum absolute atomic E-state index is 12.1.